The number of pyridine rings is 2. The van der Waals surface area contributed by atoms with Gasteiger partial charge in [-0.2, -0.15) is 0 Å². The van der Waals surface area contributed by atoms with Crippen LogP contribution >= 0.6 is 0 Å². The molecule has 14 rings (SSSR count). The van der Waals surface area contributed by atoms with Gasteiger partial charge in [-0.3, -0.25) is 4.99 Å². The predicted molar refractivity (Wildman–Crippen MR) is 275 cm³/mol. The van der Waals surface area contributed by atoms with E-state index in [9.17, 15) is 0 Å². The van der Waals surface area contributed by atoms with E-state index >= 15 is 0 Å². The van der Waals surface area contributed by atoms with Crippen molar-refractivity contribution >= 4 is 59.8 Å². The molecule has 3 heterocycles. The third-order valence-electron chi connectivity index (χ3n) is 14.5. The highest BCUT2D eigenvalue weighted by atomic mass is 14.8. The minimum atomic E-state index is 0.123. The normalized spacial score (nSPS) is 16.3. The van der Waals surface area contributed by atoms with Crippen molar-refractivity contribution in [3.63, 3.8) is 0 Å². The fourth-order valence-corrected chi connectivity index (χ4v) is 11.4. The number of rotatable bonds is 4. The number of hydrogen-bond donors (Lipinski definition) is 0. The Bertz CT molecular complexity index is 3930. The van der Waals surface area contributed by atoms with Gasteiger partial charge in [0.15, 0.2) is 0 Å². The lowest BCUT2D eigenvalue weighted by molar-refractivity contribution is 0.690. The molecule has 0 amide bonds. The number of aromatic nitrogens is 2. The van der Waals surface area contributed by atoms with E-state index in [1.165, 1.54) is 88.2 Å². The molecule has 0 saturated carbocycles. The van der Waals surface area contributed by atoms with Gasteiger partial charge in [0.05, 0.1) is 28.1 Å². The van der Waals surface area contributed by atoms with Crippen LogP contribution in [0.4, 0.5) is 0 Å². The van der Waals surface area contributed by atoms with Gasteiger partial charge in [-0.1, -0.05) is 182 Å². The summed E-state index contributed by atoms with van der Waals surface area (Å²) in [5, 5.41) is 9.59. The van der Waals surface area contributed by atoms with Crippen molar-refractivity contribution in [2.45, 2.75) is 24.7 Å². The fraction of sp³-hybridized carbons (Fsp3) is 0.0635. The number of allylic oxidation sites excluding steroid dienone is 4. The lowest BCUT2D eigenvalue weighted by Gasteiger charge is -2.41. The van der Waals surface area contributed by atoms with Crippen molar-refractivity contribution in [2.24, 2.45) is 4.99 Å². The molecule has 0 spiro atoms. The van der Waals surface area contributed by atoms with E-state index in [0.717, 1.165) is 57.2 Å². The summed E-state index contributed by atoms with van der Waals surface area (Å²) in [6.07, 6.45) is 6.70. The van der Waals surface area contributed by atoms with Crippen LogP contribution in [0.15, 0.2) is 229 Å². The van der Waals surface area contributed by atoms with Crippen molar-refractivity contribution in [1.29, 1.82) is 0 Å². The molecule has 3 aliphatic rings. The second-order valence-electron chi connectivity index (χ2n) is 18.1. The molecule has 3 nitrogen and oxygen atoms in total. The van der Waals surface area contributed by atoms with Crippen LogP contribution in [0.1, 0.15) is 41.4 Å². The Morgan fingerprint density at radius 3 is 1.62 bits per heavy atom. The molecular formula is C63H41N3. The number of benzene rings is 9. The maximum Gasteiger partial charge on any atom is 0.0972 e. The topological polar surface area (TPSA) is 38.1 Å². The summed E-state index contributed by atoms with van der Waals surface area (Å²) >= 11 is 0. The zero-order valence-electron chi connectivity index (χ0n) is 36.1. The van der Waals surface area contributed by atoms with Gasteiger partial charge in [0, 0.05) is 39.4 Å². The van der Waals surface area contributed by atoms with Crippen LogP contribution < -0.4 is 0 Å². The minimum absolute atomic E-state index is 0.123. The lowest BCUT2D eigenvalue weighted by atomic mass is 9.64. The van der Waals surface area contributed by atoms with Crippen LogP contribution in [-0.4, -0.2) is 15.7 Å². The van der Waals surface area contributed by atoms with E-state index in [-0.39, 0.29) is 11.8 Å². The van der Waals surface area contributed by atoms with Crippen LogP contribution in [0.2, 0.25) is 0 Å². The average molecular weight is 840 g/mol. The van der Waals surface area contributed by atoms with Crippen LogP contribution in [0.3, 0.4) is 0 Å². The molecule has 0 radical (unpaired) electrons. The molecule has 11 aromatic rings. The maximum absolute atomic E-state index is 5.60. The Labute approximate surface area is 382 Å². The average Bonchev–Trinajstić information content (AvgIpc) is 3.40. The molecule has 1 aliphatic heterocycles. The molecule has 0 fully saturated rings. The van der Waals surface area contributed by atoms with E-state index in [0.29, 0.717) is 0 Å². The Morgan fingerprint density at radius 1 is 0.379 bits per heavy atom. The quantitative estimate of drug-likeness (QED) is 0.166. The molecule has 0 N–H and O–H groups in total. The highest BCUT2D eigenvalue weighted by Crippen LogP contribution is 2.55. The highest BCUT2D eigenvalue weighted by molar-refractivity contribution is 6.26. The van der Waals surface area contributed by atoms with Crippen LogP contribution in [0.25, 0.3) is 98.9 Å². The second kappa shape index (κ2) is 14.6. The summed E-state index contributed by atoms with van der Waals surface area (Å²) in [6.45, 7) is 0. The fourth-order valence-electron chi connectivity index (χ4n) is 11.4. The first-order chi connectivity index (χ1) is 32.7. The summed E-state index contributed by atoms with van der Waals surface area (Å²) in [7, 11) is 0. The molecule has 9 aromatic carbocycles. The first-order valence-corrected chi connectivity index (χ1v) is 23.1. The van der Waals surface area contributed by atoms with Crippen molar-refractivity contribution in [3.8, 4) is 44.8 Å². The van der Waals surface area contributed by atoms with Crippen LogP contribution in [-0.2, 0) is 0 Å². The Hall–Kier alpha value is -8.27. The number of fused-ring (bicyclic) bond motifs is 16. The van der Waals surface area contributed by atoms with E-state index in [4.69, 9.17) is 15.0 Å². The summed E-state index contributed by atoms with van der Waals surface area (Å²) < 4.78 is 0. The monoisotopic (exact) mass is 839 g/mol. The summed E-state index contributed by atoms with van der Waals surface area (Å²) in [5.41, 5.74) is 18.7. The van der Waals surface area contributed by atoms with Gasteiger partial charge in [0.25, 0.3) is 0 Å². The molecule has 0 bridgehead atoms. The van der Waals surface area contributed by atoms with Gasteiger partial charge in [-0.05, 0) is 120 Å². The number of nitrogens with zero attached hydrogens (tertiary/aromatic N) is 3. The Balaban J connectivity index is 0.879. The van der Waals surface area contributed by atoms with Crippen molar-refractivity contribution in [1.82, 2.24) is 9.97 Å². The molecule has 308 valence electrons. The van der Waals surface area contributed by atoms with Crippen molar-refractivity contribution in [3.05, 3.63) is 240 Å². The largest absolute Gasteiger partial charge is 0.256 e. The van der Waals surface area contributed by atoms with Gasteiger partial charge in [0.1, 0.15) is 0 Å². The van der Waals surface area contributed by atoms with Gasteiger partial charge >= 0.3 is 0 Å². The summed E-state index contributed by atoms with van der Waals surface area (Å²) in [6, 6.07) is 73.2. The van der Waals surface area contributed by atoms with E-state index < -0.39 is 0 Å². The number of aliphatic imine (C=N–C) groups is 1. The smallest absolute Gasteiger partial charge is 0.0972 e. The SMILES string of the molecule is C1=CC2=C(CC1)N=C(c1cccc(-c3ccc4c5ccc(-c6ccc7ccc8ccc(-c9ccccc9)nc8c7n6)cc5c5ccccc5c4c3)c1)C1c3ccccc3-c3ccccc3C21. The van der Waals surface area contributed by atoms with Gasteiger partial charge in [-0.25, -0.2) is 9.97 Å². The summed E-state index contributed by atoms with van der Waals surface area (Å²) in [5.74, 6) is 0.347. The standard InChI is InChI=1S/C63H41N3/c1-2-13-38(14-3-1)56-33-29-39-25-26-40-30-34-57(65-63(40)62(39)64-56)43-28-32-50-49-31-27-42(36-54(49)47-19-4-5-20-48(47)55(50)37-43)41-15-12-16-44(35-41)61-60-52-22-9-7-18-46(52)45-17-6-8-21-51(45)59(60)53-23-10-11-24-58(53)66-61/h1-10,12-23,25-37,59-60H,11,24H2. The van der Waals surface area contributed by atoms with Crippen molar-refractivity contribution < 1.29 is 0 Å². The molecule has 0 saturated heterocycles. The second-order valence-corrected chi connectivity index (χ2v) is 18.1. The molecule has 2 aromatic heterocycles. The zero-order chi connectivity index (χ0) is 43.3. The number of hydrogen-bond acceptors (Lipinski definition) is 3. The third kappa shape index (κ3) is 5.73. The summed E-state index contributed by atoms with van der Waals surface area (Å²) in [4.78, 5) is 16.1. The third-order valence-corrected chi connectivity index (χ3v) is 14.5. The maximum atomic E-state index is 5.60. The van der Waals surface area contributed by atoms with Gasteiger partial charge < -0.3 is 0 Å². The molecule has 2 atom stereocenters. The Morgan fingerprint density at radius 2 is 0.909 bits per heavy atom. The predicted octanol–water partition coefficient (Wildman–Crippen LogP) is 16.2. The molecular weight excluding hydrogens is 799 g/mol. The first kappa shape index (κ1) is 37.1. The van der Waals surface area contributed by atoms with Crippen LogP contribution in [0.5, 0.6) is 0 Å². The van der Waals surface area contributed by atoms with Gasteiger partial charge in [-0.15, -0.1) is 0 Å². The first-order valence-electron chi connectivity index (χ1n) is 23.1. The zero-order valence-corrected chi connectivity index (χ0v) is 36.1. The van der Waals surface area contributed by atoms with E-state index in [1.807, 2.05) is 6.07 Å². The lowest BCUT2D eigenvalue weighted by Crippen LogP contribution is -2.30. The van der Waals surface area contributed by atoms with Crippen molar-refractivity contribution in [2.75, 3.05) is 0 Å². The van der Waals surface area contributed by atoms with E-state index in [2.05, 4.69) is 206 Å². The van der Waals surface area contributed by atoms with E-state index in [1.54, 1.807) is 0 Å². The highest BCUT2D eigenvalue weighted by Gasteiger charge is 2.42. The minimum Gasteiger partial charge on any atom is -0.256 e. The molecule has 66 heavy (non-hydrogen) atoms. The van der Waals surface area contributed by atoms with Gasteiger partial charge in [0.2, 0.25) is 0 Å². The Kier molecular flexibility index (Phi) is 8.23. The van der Waals surface area contributed by atoms with Crippen LogP contribution in [0, 0.1) is 0 Å². The molecule has 2 unspecified atom stereocenters. The molecule has 2 aliphatic carbocycles. The molecule has 3 heteroatoms.